The number of nitrogens with one attached hydrogen (secondary N) is 1. The highest BCUT2D eigenvalue weighted by Crippen LogP contribution is 2.34. The van der Waals surface area contributed by atoms with Gasteiger partial charge in [-0.3, -0.25) is 10.2 Å². The number of nitriles is 1. The summed E-state index contributed by atoms with van der Waals surface area (Å²) in [6.07, 6.45) is 5.61. The van der Waals surface area contributed by atoms with Crippen molar-refractivity contribution >= 4 is 5.91 Å². The van der Waals surface area contributed by atoms with Crippen molar-refractivity contribution in [2.45, 2.75) is 38.5 Å². The van der Waals surface area contributed by atoms with E-state index in [9.17, 15) is 10.1 Å². The summed E-state index contributed by atoms with van der Waals surface area (Å²) in [4.78, 5) is 12.4. The fourth-order valence-corrected chi connectivity index (χ4v) is 2.65. The number of hydrogen-bond donors (Lipinski definition) is 1. The zero-order valence-electron chi connectivity index (χ0n) is 10.8. The van der Waals surface area contributed by atoms with Gasteiger partial charge in [0, 0.05) is 13.1 Å². The summed E-state index contributed by atoms with van der Waals surface area (Å²) in [6.45, 7) is 2.68. The molecule has 1 N–H and O–H groups in total. The summed E-state index contributed by atoms with van der Waals surface area (Å²) in [5.41, 5.74) is 2.09. The predicted octanol–water partition coefficient (Wildman–Crippen LogP) is 1.21. The van der Waals surface area contributed by atoms with Gasteiger partial charge in [-0.05, 0) is 12.8 Å². The molecule has 0 radical (unpaired) electrons. The van der Waals surface area contributed by atoms with Crippen LogP contribution in [0.5, 0.6) is 0 Å². The number of amides is 1. The SMILES string of the molecule is N#CC1(C(=O)NN2CCOCC2)CCCCCC1. The Morgan fingerprint density at radius 3 is 2.33 bits per heavy atom. The summed E-state index contributed by atoms with van der Waals surface area (Å²) in [6, 6.07) is 2.28. The monoisotopic (exact) mass is 251 g/mol. The molecular weight excluding hydrogens is 230 g/mol. The van der Waals surface area contributed by atoms with Gasteiger partial charge in [-0.15, -0.1) is 0 Å². The van der Waals surface area contributed by atoms with Gasteiger partial charge in [0.25, 0.3) is 5.91 Å². The van der Waals surface area contributed by atoms with E-state index in [1.807, 2.05) is 5.01 Å². The van der Waals surface area contributed by atoms with Gasteiger partial charge in [0.1, 0.15) is 5.41 Å². The average Bonchev–Trinajstić information content (AvgIpc) is 2.66. The highest BCUT2D eigenvalue weighted by molar-refractivity contribution is 5.85. The van der Waals surface area contributed by atoms with Crippen LogP contribution in [0.2, 0.25) is 0 Å². The van der Waals surface area contributed by atoms with Gasteiger partial charge in [-0.1, -0.05) is 25.7 Å². The van der Waals surface area contributed by atoms with Crippen LogP contribution < -0.4 is 5.43 Å². The van der Waals surface area contributed by atoms with Gasteiger partial charge < -0.3 is 4.74 Å². The molecule has 100 valence electrons. The molecule has 0 aromatic carbocycles. The summed E-state index contributed by atoms with van der Waals surface area (Å²) < 4.78 is 5.24. The number of morpholine rings is 1. The first-order valence-electron chi connectivity index (χ1n) is 6.82. The Hall–Kier alpha value is -1.12. The summed E-state index contributed by atoms with van der Waals surface area (Å²) in [7, 11) is 0. The number of hydrazine groups is 1. The number of hydrogen-bond acceptors (Lipinski definition) is 4. The lowest BCUT2D eigenvalue weighted by Gasteiger charge is -2.31. The normalized spacial score (nSPS) is 24.8. The van der Waals surface area contributed by atoms with Crippen molar-refractivity contribution < 1.29 is 9.53 Å². The van der Waals surface area contributed by atoms with Crippen LogP contribution in [0.25, 0.3) is 0 Å². The van der Waals surface area contributed by atoms with Gasteiger partial charge in [0.2, 0.25) is 0 Å². The summed E-state index contributed by atoms with van der Waals surface area (Å²) >= 11 is 0. The first-order chi connectivity index (χ1) is 8.77. The lowest BCUT2D eigenvalue weighted by Crippen LogP contribution is -2.53. The summed E-state index contributed by atoms with van der Waals surface area (Å²) in [5, 5.41) is 11.3. The largest absolute Gasteiger partial charge is 0.379 e. The van der Waals surface area contributed by atoms with E-state index < -0.39 is 5.41 Å². The number of rotatable bonds is 2. The third-order valence-electron chi connectivity index (χ3n) is 3.88. The molecule has 1 aliphatic carbocycles. The second-order valence-corrected chi connectivity index (χ2v) is 5.15. The van der Waals surface area contributed by atoms with Crippen molar-refractivity contribution in [2.75, 3.05) is 26.3 Å². The molecule has 0 aromatic heterocycles. The van der Waals surface area contributed by atoms with Gasteiger partial charge in [0.05, 0.1) is 19.3 Å². The van der Waals surface area contributed by atoms with Crippen LogP contribution in [0, 0.1) is 16.7 Å². The van der Waals surface area contributed by atoms with Crippen molar-refractivity contribution in [1.29, 1.82) is 5.26 Å². The molecule has 5 heteroatoms. The second-order valence-electron chi connectivity index (χ2n) is 5.15. The Morgan fingerprint density at radius 2 is 1.78 bits per heavy atom. The standard InChI is InChI=1S/C13H21N3O2/c14-11-13(5-3-1-2-4-6-13)12(17)15-16-7-9-18-10-8-16/h1-10H2,(H,15,17). The molecule has 0 spiro atoms. The van der Waals surface area contributed by atoms with Crippen molar-refractivity contribution in [3.8, 4) is 6.07 Å². The average molecular weight is 251 g/mol. The maximum atomic E-state index is 12.4. The molecular formula is C13H21N3O2. The molecule has 0 atom stereocenters. The minimum absolute atomic E-state index is 0.117. The van der Waals surface area contributed by atoms with Gasteiger partial charge >= 0.3 is 0 Å². The van der Waals surface area contributed by atoms with E-state index in [4.69, 9.17) is 4.74 Å². The maximum Gasteiger partial charge on any atom is 0.254 e. The third-order valence-corrected chi connectivity index (χ3v) is 3.88. The fourth-order valence-electron chi connectivity index (χ4n) is 2.65. The number of carbonyl (C=O) groups is 1. The molecule has 2 aliphatic rings. The minimum Gasteiger partial charge on any atom is -0.379 e. The van der Waals surface area contributed by atoms with Crippen molar-refractivity contribution in [3.63, 3.8) is 0 Å². The van der Waals surface area contributed by atoms with E-state index in [-0.39, 0.29) is 5.91 Å². The molecule has 1 saturated heterocycles. The molecule has 2 fully saturated rings. The Labute approximate surface area is 108 Å². The first-order valence-corrected chi connectivity index (χ1v) is 6.82. The zero-order chi connectivity index (χ0) is 12.8. The third kappa shape index (κ3) is 3.01. The van der Waals surface area contributed by atoms with E-state index in [0.717, 1.165) is 25.7 Å². The van der Waals surface area contributed by atoms with Crippen molar-refractivity contribution in [3.05, 3.63) is 0 Å². The topological polar surface area (TPSA) is 65.4 Å². The van der Waals surface area contributed by atoms with Crippen molar-refractivity contribution in [1.82, 2.24) is 10.4 Å². The fraction of sp³-hybridized carbons (Fsp3) is 0.846. The Morgan fingerprint density at radius 1 is 1.17 bits per heavy atom. The molecule has 0 aromatic rings. The molecule has 1 saturated carbocycles. The molecule has 1 aliphatic heterocycles. The van der Waals surface area contributed by atoms with Crippen LogP contribution in [0.3, 0.4) is 0 Å². The predicted molar refractivity (Wildman–Crippen MR) is 66.3 cm³/mol. The minimum atomic E-state index is -0.811. The first kappa shape index (κ1) is 13.3. The summed E-state index contributed by atoms with van der Waals surface area (Å²) in [5.74, 6) is -0.117. The number of carbonyl (C=O) groups excluding carboxylic acids is 1. The Balaban J connectivity index is 1.97. The molecule has 1 amide bonds. The quantitative estimate of drug-likeness (QED) is 0.749. The van der Waals surface area contributed by atoms with Crippen LogP contribution in [0.4, 0.5) is 0 Å². The van der Waals surface area contributed by atoms with Crippen LogP contribution >= 0.6 is 0 Å². The van der Waals surface area contributed by atoms with Gasteiger partial charge in [-0.25, -0.2) is 5.01 Å². The molecule has 18 heavy (non-hydrogen) atoms. The highest BCUT2D eigenvalue weighted by atomic mass is 16.5. The molecule has 0 unspecified atom stereocenters. The lowest BCUT2D eigenvalue weighted by molar-refractivity contribution is -0.136. The van der Waals surface area contributed by atoms with E-state index in [1.54, 1.807) is 0 Å². The molecule has 1 heterocycles. The van der Waals surface area contributed by atoms with Crippen LogP contribution in [0.1, 0.15) is 38.5 Å². The van der Waals surface area contributed by atoms with E-state index in [0.29, 0.717) is 39.1 Å². The van der Waals surface area contributed by atoms with E-state index in [2.05, 4.69) is 11.5 Å². The van der Waals surface area contributed by atoms with Crippen LogP contribution in [0.15, 0.2) is 0 Å². The smallest absolute Gasteiger partial charge is 0.254 e. The lowest BCUT2D eigenvalue weighted by atomic mass is 9.81. The van der Waals surface area contributed by atoms with E-state index >= 15 is 0 Å². The van der Waals surface area contributed by atoms with Crippen LogP contribution in [-0.4, -0.2) is 37.2 Å². The maximum absolute atomic E-state index is 12.4. The highest BCUT2D eigenvalue weighted by Gasteiger charge is 2.39. The zero-order valence-corrected chi connectivity index (χ0v) is 10.8. The van der Waals surface area contributed by atoms with Gasteiger partial charge in [-0.2, -0.15) is 5.26 Å². The molecule has 2 rings (SSSR count). The Bertz CT molecular complexity index is 324. The van der Waals surface area contributed by atoms with Gasteiger partial charge in [0.15, 0.2) is 0 Å². The molecule has 0 bridgehead atoms. The van der Waals surface area contributed by atoms with Crippen molar-refractivity contribution in [2.24, 2.45) is 5.41 Å². The number of nitrogens with zero attached hydrogens (tertiary/aromatic N) is 2. The second kappa shape index (κ2) is 6.17. The van der Waals surface area contributed by atoms with Crippen LogP contribution in [-0.2, 0) is 9.53 Å². The number of ether oxygens (including phenoxy) is 1. The van der Waals surface area contributed by atoms with E-state index in [1.165, 1.54) is 0 Å². The molecule has 5 nitrogen and oxygen atoms in total. The Kier molecular flexibility index (Phi) is 4.56.